The summed E-state index contributed by atoms with van der Waals surface area (Å²) in [7, 11) is 0. The third-order valence-electron chi connectivity index (χ3n) is 2.36. The van der Waals surface area contributed by atoms with E-state index >= 15 is 0 Å². The molecule has 6 nitrogen and oxygen atoms in total. The second kappa shape index (κ2) is 9.03. The normalized spacial score (nSPS) is 19.1. The average molecular weight is 275 g/mol. The summed E-state index contributed by atoms with van der Waals surface area (Å²) < 4.78 is 21.1. The van der Waals surface area contributed by atoms with Crippen LogP contribution in [0.15, 0.2) is 12.7 Å². The minimum Gasteiger partial charge on any atom is -0.433 e. The summed E-state index contributed by atoms with van der Waals surface area (Å²) in [5.74, 6) is -0.547. The van der Waals surface area contributed by atoms with Crippen LogP contribution in [0.25, 0.3) is 0 Å². The summed E-state index contributed by atoms with van der Waals surface area (Å²) >= 11 is 0. The Morgan fingerprint density at radius 1 is 1.00 bits per heavy atom. The molecule has 0 aromatic rings. The zero-order valence-electron chi connectivity index (χ0n) is 12.3. The Labute approximate surface area is 114 Å². The topological polar surface area (TPSA) is 80.0 Å². The Bertz CT molecular complexity index is 282. The fourth-order valence-electron chi connectivity index (χ4n) is 1.27. The fraction of sp³-hybridized carbons (Fsp3) is 0.769. The molecular formula is C13H25NO5. The second-order valence-electron chi connectivity index (χ2n) is 4.32. The maximum Gasteiger partial charge on any atom is 0.332 e. The molecule has 112 valence electrons. The van der Waals surface area contributed by atoms with Gasteiger partial charge in [0, 0.05) is 12.1 Å². The molecule has 2 N–H and O–H groups in total. The first kappa shape index (κ1) is 18.0. The summed E-state index contributed by atoms with van der Waals surface area (Å²) in [6.45, 7) is 12.1. The van der Waals surface area contributed by atoms with Crippen molar-refractivity contribution in [1.82, 2.24) is 0 Å². The summed E-state index contributed by atoms with van der Waals surface area (Å²) in [6.07, 6.45) is -0.834. The van der Waals surface area contributed by atoms with Crippen molar-refractivity contribution in [2.45, 2.75) is 65.6 Å². The van der Waals surface area contributed by atoms with Crippen molar-refractivity contribution >= 4 is 5.97 Å². The van der Waals surface area contributed by atoms with E-state index in [1.807, 2.05) is 13.8 Å². The highest BCUT2D eigenvalue weighted by Crippen LogP contribution is 2.08. The molecule has 0 spiro atoms. The molecule has 0 aliphatic carbocycles. The van der Waals surface area contributed by atoms with Crippen LogP contribution >= 0.6 is 0 Å². The molecule has 0 rings (SSSR count). The van der Waals surface area contributed by atoms with Crippen LogP contribution in [0.3, 0.4) is 0 Å². The molecule has 0 heterocycles. The van der Waals surface area contributed by atoms with Crippen LogP contribution in [0.2, 0.25) is 0 Å². The van der Waals surface area contributed by atoms with Gasteiger partial charge in [-0.3, -0.25) is 0 Å². The van der Waals surface area contributed by atoms with Gasteiger partial charge in [0.1, 0.15) is 0 Å². The first-order chi connectivity index (χ1) is 8.76. The standard InChI is InChI=1S/C13H25NO5/c1-7-13(15)19-12(6)18-11(5)17-10(4)16-9(3)8(2)14/h7-12H,1,14H2,2-6H3. The molecule has 0 aliphatic rings. The molecule has 5 atom stereocenters. The van der Waals surface area contributed by atoms with E-state index in [1.165, 1.54) is 0 Å². The van der Waals surface area contributed by atoms with E-state index in [0.29, 0.717) is 0 Å². The lowest BCUT2D eigenvalue weighted by Gasteiger charge is -2.26. The SMILES string of the molecule is C=CC(=O)OC(C)OC(C)OC(C)OC(C)C(C)N. The van der Waals surface area contributed by atoms with Gasteiger partial charge in [-0.2, -0.15) is 0 Å². The number of esters is 1. The minimum absolute atomic E-state index is 0.0882. The maximum atomic E-state index is 10.9. The molecular weight excluding hydrogens is 250 g/mol. The zero-order chi connectivity index (χ0) is 15.0. The van der Waals surface area contributed by atoms with Crippen molar-refractivity contribution in [3.05, 3.63) is 12.7 Å². The van der Waals surface area contributed by atoms with Crippen molar-refractivity contribution < 1.29 is 23.7 Å². The van der Waals surface area contributed by atoms with Crippen molar-refractivity contribution in [2.24, 2.45) is 5.73 Å². The van der Waals surface area contributed by atoms with Crippen molar-refractivity contribution in [2.75, 3.05) is 0 Å². The molecule has 0 aromatic heterocycles. The summed E-state index contributed by atoms with van der Waals surface area (Å²) in [5.41, 5.74) is 5.69. The number of nitrogens with two attached hydrogens (primary N) is 1. The quantitative estimate of drug-likeness (QED) is 0.390. The number of carbonyl (C=O) groups excluding carboxylic acids is 1. The van der Waals surface area contributed by atoms with Gasteiger partial charge >= 0.3 is 5.97 Å². The van der Waals surface area contributed by atoms with Gasteiger partial charge < -0.3 is 24.7 Å². The van der Waals surface area contributed by atoms with Crippen molar-refractivity contribution in [3.63, 3.8) is 0 Å². The van der Waals surface area contributed by atoms with Crippen LogP contribution in [-0.4, -0.2) is 37.0 Å². The molecule has 19 heavy (non-hydrogen) atoms. The van der Waals surface area contributed by atoms with Crippen molar-refractivity contribution in [1.29, 1.82) is 0 Å². The minimum atomic E-state index is -0.724. The van der Waals surface area contributed by atoms with Gasteiger partial charge in [-0.25, -0.2) is 4.79 Å². The van der Waals surface area contributed by atoms with Gasteiger partial charge in [0.05, 0.1) is 6.10 Å². The predicted molar refractivity (Wildman–Crippen MR) is 71.0 cm³/mol. The Morgan fingerprint density at radius 2 is 1.47 bits per heavy atom. The molecule has 0 aliphatic heterocycles. The Morgan fingerprint density at radius 3 is 1.95 bits per heavy atom. The van der Waals surface area contributed by atoms with E-state index in [9.17, 15) is 4.79 Å². The fourth-order valence-corrected chi connectivity index (χ4v) is 1.27. The number of hydrogen-bond acceptors (Lipinski definition) is 6. The molecule has 6 heteroatoms. The molecule has 0 aromatic carbocycles. The van der Waals surface area contributed by atoms with Gasteiger partial charge in [0.2, 0.25) is 6.29 Å². The molecule has 0 bridgehead atoms. The zero-order valence-corrected chi connectivity index (χ0v) is 12.3. The highest BCUT2D eigenvalue weighted by Gasteiger charge is 2.17. The van der Waals surface area contributed by atoms with E-state index in [2.05, 4.69) is 6.58 Å². The largest absolute Gasteiger partial charge is 0.433 e. The Hall–Kier alpha value is -0.950. The monoisotopic (exact) mass is 275 g/mol. The van der Waals surface area contributed by atoms with Crippen LogP contribution in [0, 0.1) is 0 Å². The highest BCUT2D eigenvalue weighted by molar-refractivity contribution is 5.81. The van der Waals surface area contributed by atoms with Gasteiger partial charge in [-0.15, -0.1) is 0 Å². The number of carbonyl (C=O) groups is 1. The van der Waals surface area contributed by atoms with E-state index < -0.39 is 24.8 Å². The van der Waals surface area contributed by atoms with E-state index in [-0.39, 0.29) is 12.1 Å². The van der Waals surface area contributed by atoms with Crippen LogP contribution in [0.5, 0.6) is 0 Å². The number of hydrogen-bond donors (Lipinski definition) is 1. The first-order valence-corrected chi connectivity index (χ1v) is 6.31. The predicted octanol–water partition coefficient (Wildman–Crippen LogP) is 1.54. The van der Waals surface area contributed by atoms with E-state index in [0.717, 1.165) is 6.08 Å². The summed E-state index contributed by atoms with van der Waals surface area (Å²) in [6, 6.07) is -0.0882. The Balaban J connectivity index is 3.99. The lowest BCUT2D eigenvalue weighted by Crippen LogP contribution is -2.36. The average Bonchev–Trinajstić information content (AvgIpc) is 2.27. The molecule has 0 fully saturated rings. The van der Waals surface area contributed by atoms with Crippen LogP contribution in [0.4, 0.5) is 0 Å². The molecule has 0 radical (unpaired) electrons. The van der Waals surface area contributed by atoms with E-state index in [1.54, 1.807) is 20.8 Å². The molecule has 0 saturated carbocycles. The molecule has 5 unspecified atom stereocenters. The third kappa shape index (κ3) is 8.72. The smallest absolute Gasteiger partial charge is 0.332 e. The van der Waals surface area contributed by atoms with Crippen LogP contribution in [0.1, 0.15) is 34.6 Å². The molecule has 0 saturated heterocycles. The van der Waals surface area contributed by atoms with E-state index in [4.69, 9.17) is 24.7 Å². The van der Waals surface area contributed by atoms with Gasteiger partial charge in [0.25, 0.3) is 0 Å². The lowest BCUT2D eigenvalue weighted by molar-refractivity contribution is -0.280. The van der Waals surface area contributed by atoms with Gasteiger partial charge in [-0.05, 0) is 34.6 Å². The van der Waals surface area contributed by atoms with Crippen molar-refractivity contribution in [3.8, 4) is 0 Å². The third-order valence-corrected chi connectivity index (χ3v) is 2.36. The molecule has 0 amide bonds. The summed E-state index contributed by atoms with van der Waals surface area (Å²) in [4.78, 5) is 10.9. The van der Waals surface area contributed by atoms with Crippen LogP contribution in [-0.2, 0) is 23.7 Å². The second-order valence-corrected chi connectivity index (χ2v) is 4.32. The lowest BCUT2D eigenvalue weighted by atomic mass is 10.2. The Kier molecular flexibility index (Phi) is 8.58. The van der Waals surface area contributed by atoms with Crippen LogP contribution < -0.4 is 5.73 Å². The number of ether oxygens (including phenoxy) is 4. The first-order valence-electron chi connectivity index (χ1n) is 6.31. The highest BCUT2D eigenvalue weighted by atomic mass is 16.8. The van der Waals surface area contributed by atoms with Gasteiger partial charge in [0.15, 0.2) is 12.6 Å². The summed E-state index contributed by atoms with van der Waals surface area (Å²) in [5, 5.41) is 0. The van der Waals surface area contributed by atoms with Gasteiger partial charge in [-0.1, -0.05) is 6.58 Å². The number of rotatable bonds is 9. The maximum absolute atomic E-state index is 10.9.